The lowest BCUT2D eigenvalue weighted by Crippen LogP contribution is -1.99. The van der Waals surface area contributed by atoms with Gasteiger partial charge in [0.05, 0.1) is 0 Å². The third kappa shape index (κ3) is 2.63. The maximum absolute atomic E-state index is 11.3. The molecular formula is C9H10O4S. The molecule has 14 heavy (non-hydrogen) atoms. The first-order valence-electron chi connectivity index (χ1n) is 4.00. The average molecular weight is 214 g/mol. The number of carbonyl (C=O) groups is 2. The van der Waals surface area contributed by atoms with Crippen LogP contribution in [0.2, 0.25) is 0 Å². The Balaban J connectivity index is 2.66. The molecule has 0 aliphatic carbocycles. The van der Waals surface area contributed by atoms with Crippen molar-refractivity contribution in [3.63, 3.8) is 0 Å². The van der Waals surface area contributed by atoms with Crippen molar-refractivity contribution in [3.05, 3.63) is 23.7 Å². The molecule has 0 radical (unpaired) electrons. The molecule has 0 saturated carbocycles. The van der Waals surface area contributed by atoms with Crippen molar-refractivity contribution < 1.29 is 19.1 Å². The Labute approximate surface area is 85.3 Å². The van der Waals surface area contributed by atoms with Gasteiger partial charge in [0.1, 0.15) is 0 Å². The minimum atomic E-state index is -1.16. The van der Waals surface area contributed by atoms with Gasteiger partial charge in [-0.3, -0.25) is 4.79 Å². The van der Waals surface area contributed by atoms with Gasteiger partial charge < -0.3 is 9.52 Å². The van der Waals surface area contributed by atoms with E-state index in [1.807, 2.05) is 6.26 Å². The van der Waals surface area contributed by atoms with E-state index in [0.717, 1.165) is 0 Å². The number of thioether (sulfide) groups is 1. The van der Waals surface area contributed by atoms with Crippen LogP contribution in [-0.4, -0.2) is 28.9 Å². The normalized spacial score (nSPS) is 10.1. The first-order valence-corrected chi connectivity index (χ1v) is 5.40. The topological polar surface area (TPSA) is 67.5 Å². The molecule has 5 heteroatoms. The van der Waals surface area contributed by atoms with Crippen molar-refractivity contribution >= 4 is 23.5 Å². The van der Waals surface area contributed by atoms with Gasteiger partial charge in [-0.05, 0) is 18.4 Å². The monoisotopic (exact) mass is 214 g/mol. The summed E-state index contributed by atoms with van der Waals surface area (Å²) in [6, 6.07) is 2.68. The zero-order valence-electron chi connectivity index (χ0n) is 7.65. The molecule has 76 valence electrons. The van der Waals surface area contributed by atoms with Gasteiger partial charge in [0.2, 0.25) is 5.76 Å². The van der Waals surface area contributed by atoms with E-state index >= 15 is 0 Å². The molecule has 0 atom stereocenters. The van der Waals surface area contributed by atoms with E-state index in [4.69, 9.17) is 9.52 Å². The highest BCUT2D eigenvalue weighted by molar-refractivity contribution is 7.98. The smallest absolute Gasteiger partial charge is 0.371 e. The number of hydrogen-bond acceptors (Lipinski definition) is 4. The van der Waals surface area contributed by atoms with Crippen LogP contribution in [0, 0.1) is 0 Å². The van der Waals surface area contributed by atoms with Crippen molar-refractivity contribution in [2.45, 2.75) is 6.42 Å². The summed E-state index contributed by atoms with van der Waals surface area (Å²) < 4.78 is 4.85. The third-order valence-electron chi connectivity index (χ3n) is 1.62. The number of carboxylic acid groups (broad SMARTS) is 1. The molecule has 1 N–H and O–H groups in total. The van der Waals surface area contributed by atoms with Crippen molar-refractivity contribution in [3.8, 4) is 0 Å². The first kappa shape index (κ1) is 10.8. The molecule has 0 fully saturated rings. The van der Waals surface area contributed by atoms with Gasteiger partial charge in [0.15, 0.2) is 11.5 Å². The molecule has 1 aromatic rings. The second-order valence-electron chi connectivity index (χ2n) is 2.64. The molecule has 0 unspecified atom stereocenters. The Hall–Kier alpha value is -1.23. The summed E-state index contributed by atoms with van der Waals surface area (Å²) in [7, 11) is 0. The number of rotatable bonds is 5. The van der Waals surface area contributed by atoms with Crippen LogP contribution in [0.25, 0.3) is 0 Å². The zero-order chi connectivity index (χ0) is 10.6. The summed E-state index contributed by atoms with van der Waals surface area (Å²) in [5.41, 5.74) is 0. The number of furan rings is 1. The van der Waals surface area contributed by atoms with Gasteiger partial charge in [-0.2, -0.15) is 11.8 Å². The second kappa shape index (κ2) is 4.85. The summed E-state index contributed by atoms with van der Waals surface area (Å²) in [6.07, 6.45) is 2.27. The van der Waals surface area contributed by atoms with Crippen LogP contribution in [0.5, 0.6) is 0 Å². The van der Waals surface area contributed by atoms with Crippen LogP contribution < -0.4 is 0 Å². The number of hydrogen-bond donors (Lipinski definition) is 1. The van der Waals surface area contributed by atoms with Crippen LogP contribution in [0.4, 0.5) is 0 Å². The number of aromatic carboxylic acids is 1. The predicted octanol–water partition coefficient (Wildman–Crippen LogP) is 1.91. The van der Waals surface area contributed by atoms with E-state index < -0.39 is 5.97 Å². The first-order chi connectivity index (χ1) is 6.65. The molecular weight excluding hydrogens is 204 g/mol. The largest absolute Gasteiger partial charge is 0.475 e. The Kier molecular flexibility index (Phi) is 3.76. The van der Waals surface area contributed by atoms with Crippen LogP contribution in [-0.2, 0) is 0 Å². The molecule has 1 aromatic heterocycles. The van der Waals surface area contributed by atoms with Crippen LogP contribution in [0.15, 0.2) is 16.5 Å². The van der Waals surface area contributed by atoms with Gasteiger partial charge in [0.25, 0.3) is 0 Å². The zero-order valence-corrected chi connectivity index (χ0v) is 8.47. The summed E-state index contributed by atoms with van der Waals surface area (Å²) in [4.78, 5) is 21.8. The van der Waals surface area contributed by atoms with E-state index in [0.29, 0.717) is 12.2 Å². The Morgan fingerprint density at radius 2 is 2.07 bits per heavy atom. The number of ketones is 1. The van der Waals surface area contributed by atoms with E-state index in [1.54, 1.807) is 11.8 Å². The molecule has 0 spiro atoms. The fourth-order valence-corrected chi connectivity index (χ4v) is 1.31. The van der Waals surface area contributed by atoms with Crippen LogP contribution in [0.1, 0.15) is 27.5 Å². The molecule has 4 nitrogen and oxygen atoms in total. The Morgan fingerprint density at radius 3 is 2.57 bits per heavy atom. The van der Waals surface area contributed by atoms with Crippen LogP contribution >= 0.6 is 11.8 Å². The minimum absolute atomic E-state index is 0.122. The maximum atomic E-state index is 11.3. The molecule has 0 amide bonds. The van der Waals surface area contributed by atoms with Crippen molar-refractivity contribution in [2.24, 2.45) is 0 Å². The lowest BCUT2D eigenvalue weighted by atomic mass is 10.2. The van der Waals surface area contributed by atoms with Gasteiger partial charge in [-0.15, -0.1) is 0 Å². The fraction of sp³-hybridized carbons (Fsp3) is 0.333. The Morgan fingerprint density at radius 1 is 1.43 bits per heavy atom. The van der Waals surface area contributed by atoms with Crippen LogP contribution in [0.3, 0.4) is 0 Å². The Bertz CT molecular complexity index is 342. The number of Topliss-reactive ketones (excluding diaryl/α,β-unsaturated/α-hetero) is 1. The molecule has 0 saturated heterocycles. The highest BCUT2D eigenvalue weighted by Gasteiger charge is 2.13. The predicted molar refractivity (Wildman–Crippen MR) is 53.0 cm³/mol. The highest BCUT2D eigenvalue weighted by atomic mass is 32.2. The van der Waals surface area contributed by atoms with Gasteiger partial charge in [-0.1, -0.05) is 0 Å². The fourth-order valence-electron chi connectivity index (χ4n) is 0.921. The van der Waals surface area contributed by atoms with E-state index in [9.17, 15) is 9.59 Å². The third-order valence-corrected chi connectivity index (χ3v) is 2.24. The lowest BCUT2D eigenvalue weighted by molar-refractivity contribution is 0.0660. The molecule has 0 aromatic carbocycles. The van der Waals surface area contributed by atoms with E-state index in [-0.39, 0.29) is 17.3 Å². The second-order valence-corrected chi connectivity index (χ2v) is 3.62. The van der Waals surface area contributed by atoms with Gasteiger partial charge >= 0.3 is 5.97 Å². The number of carbonyl (C=O) groups excluding carboxylic acids is 1. The van der Waals surface area contributed by atoms with Crippen molar-refractivity contribution in [1.29, 1.82) is 0 Å². The van der Waals surface area contributed by atoms with Crippen molar-refractivity contribution in [1.82, 2.24) is 0 Å². The quantitative estimate of drug-likeness (QED) is 0.758. The maximum Gasteiger partial charge on any atom is 0.371 e. The van der Waals surface area contributed by atoms with E-state index in [1.165, 1.54) is 12.1 Å². The summed E-state index contributed by atoms with van der Waals surface area (Å²) in [5.74, 6) is -0.684. The van der Waals surface area contributed by atoms with Gasteiger partial charge in [-0.25, -0.2) is 4.79 Å². The minimum Gasteiger partial charge on any atom is -0.475 e. The molecule has 0 bridgehead atoms. The summed E-state index contributed by atoms with van der Waals surface area (Å²) >= 11 is 1.56. The van der Waals surface area contributed by atoms with E-state index in [2.05, 4.69) is 0 Å². The number of carboxylic acids is 1. The molecule has 1 rings (SSSR count). The molecule has 0 aliphatic rings. The average Bonchev–Trinajstić information content (AvgIpc) is 2.62. The summed E-state index contributed by atoms with van der Waals surface area (Å²) in [5, 5.41) is 8.55. The van der Waals surface area contributed by atoms with Gasteiger partial charge in [0, 0.05) is 12.2 Å². The molecule has 0 aliphatic heterocycles. The molecule has 1 heterocycles. The lowest BCUT2D eigenvalue weighted by Gasteiger charge is -1.94. The van der Waals surface area contributed by atoms with Crippen molar-refractivity contribution in [2.75, 3.05) is 12.0 Å². The highest BCUT2D eigenvalue weighted by Crippen LogP contribution is 2.11. The standard InChI is InChI=1S/C9H10O4S/c1-14-5-4-6(10)7-2-3-8(13-7)9(11)12/h2-3H,4-5H2,1H3,(H,11,12). The SMILES string of the molecule is CSCCC(=O)c1ccc(C(=O)O)o1. The summed E-state index contributed by atoms with van der Waals surface area (Å²) in [6.45, 7) is 0.